The van der Waals surface area contributed by atoms with Gasteiger partial charge in [-0.05, 0) is 13.3 Å². The van der Waals surface area contributed by atoms with Crippen LogP contribution in [-0.2, 0) is 4.43 Å². The van der Waals surface area contributed by atoms with Crippen LogP contribution in [0.3, 0.4) is 0 Å². The average Bonchev–Trinajstić information content (AvgIpc) is 1.68. The minimum absolute atomic E-state index is 0.117. The van der Waals surface area contributed by atoms with Gasteiger partial charge in [0.25, 0.3) is 0 Å². The molecule has 0 aromatic carbocycles. The van der Waals surface area contributed by atoms with E-state index in [1.54, 1.807) is 0 Å². The van der Waals surface area contributed by atoms with Crippen LogP contribution in [0.5, 0.6) is 0 Å². The molecule has 1 unspecified atom stereocenters. The van der Waals surface area contributed by atoms with Crippen molar-refractivity contribution in [2.45, 2.75) is 26.4 Å². The summed E-state index contributed by atoms with van der Waals surface area (Å²) in [7, 11) is 0.117. The Bertz CT molecular complexity index is 42.7. The maximum atomic E-state index is 5.28. The van der Waals surface area contributed by atoms with Crippen molar-refractivity contribution in [2.24, 2.45) is 0 Å². The first-order valence-electron chi connectivity index (χ1n) is 2.32. The molecule has 0 spiro atoms. The lowest BCUT2D eigenvalue weighted by molar-refractivity contribution is 0.236. The molecule has 0 bridgehead atoms. The van der Waals surface area contributed by atoms with Crippen LogP contribution in [0, 0.1) is 0 Å². The summed E-state index contributed by atoms with van der Waals surface area (Å²) in [5.74, 6) is 0. The second-order valence-electron chi connectivity index (χ2n) is 1.41. The largest absolute Gasteiger partial charge is 0.400 e. The highest BCUT2D eigenvalue weighted by Crippen LogP contribution is 1.93. The van der Waals surface area contributed by atoms with Crippen molar-refractivity contribution in [3.8, 4) is 0 Å². The third-order valence-electron chi connectivity index (χ3n) is 0.821. The van der Waals surface area contributed by atoms with Crippen LogP contribution >= 0.6 is 11.1 Å². The van der Waals surface area contributed by atoms with E-state index >= 15 is 0 Å². The molecule has 0 heterocycles. The van der Waals surface area contributed by atoms with Crippen molar-refractivity contribution in [3.63, 3.8) is 0 Å². The Morgan fingerprint density at radius 3 is 2.57 bits per heavy atom. The van der Waals surface area contributed by atoms with E-state index in [1.165, 1.54) is 0 Å². The number of rotatable bonds is 3. The molecule has 0 rings (SSSR count). The molecule has 0 saturated carbocycles. The third-order valence-corrected chi connectivity index (χ3v) is 1.58. The van der Waals surface area contributed by atoms with E-state index < -0.39 is 0 Å². The number of hydrogen-bond acceptors (Lipinski definition) is 1. The summed E-state index contributed by atoms with van der Waals surface area (Å²) in [4.78, 5) is 0. The zero-order chi connectivity index (χ0) is 5.70. The molecule has 0 aliphatic rings. The van der Waals surface area contributed by atoms with E-state index in [-0.39, 0.29) is 9.07 Å². The Morgan fingerprint density at radius 2 is 2.43 bits per heavy atom. The molecular weight excluding hydrogens is 128 g/mol. The molecule has 2 radical (unpaired) electrons. The quantitative estimate of drug-likeness (QED) is 0.423. The molecule has 42 valence electrons. The van der Waals surface area contributed by atoms with Gasteiger partial charge in [-0.25, -0.2) is 0 Å². The highest BCUT2D eigenvalue weighted by molar-refractivity contribution is 6.89. The highest BCUT2D eigenvalue weighted by Gasteiger charge is 1.94. The van der Waals surface area contributed by atoms with Crippen molar-refractivity contribution in [1.82, 2.24) is 0 Å². The lowest BCUT2D eigenvalue weighted by Gasteiger charge is -2.03. The Hall–Kier alpha value is 0.467. The molecule has 0 N–H and O–H groups in total. The van der Waals surface area contributed by atoms with E-state index in [0.29, 0.717) is 6.10 Å². The molecule has 0 aliphatic heterocycles. The Balaban J connectivity index is 2.83. The summed E-state index contributed by atoms with van der Waals surface area (Å²) >= 11 is 5.28. The maximum absolute atomic E-state index is 5.28. The summed E-state index contributed by atoms with van der Waals surface area (Å²) in [6.45, 7) is 4.08. The zero-order valence-electron chi connectivity index (χ0n) is 4.57. The number of halogens is 1. The second-order valence-corrected chi connectivity index (χ2v) is 2.27. The van der Waals surface area contributed by atoms with Crippen molar-refractivity contribution in [3.05, 3.63) is 0 Å². The molecular formula is C4H9ClOSi. The van der Waals surface area contributed by atoms with E-state index in [4.69, 9.17) is 15.5 Å². The Morgan fingerprint density at radius 1 is 1.86 bits per heavy atom. The van der Waals surface area contributed by atoms with Crippen molar-refractivity contribution in [1.29, 1.82) is 0 Å². The molecule has 0 saturated heterocycles. The fourth-order valence-electron chi connectivity index (χ4n) is 0.159. The molecule has 3 heteroatoms. The Kier molecular flexibility index (Phi) is 4.93. The Labute approximate surface area is 51.7 Å². The van der Waals surface area contributed by atoms with Gasteiger partial charge >= 0.3 is 9.07 Å². The topological polar surface area (TPSA) is 9.23 Å². The van der Waals surface area contributed by atoms with Gasteiger partial charge < -0.3 is 4.43 Å². The first-order chi connectivity index (χ1) is 3.31. The predicted molar refractivity (Wildman–Crippen MR) is 32.4 cm³/mol. The molecule has 0 amide bonds. The number of hydrogen-bond donors (Lipinski definition) is 0. The first-order valence-corrected chi connectivity index (χ1v) is 4.24. The SMILES string of the molecule is CCC(C)O[Si]Cl. The van der Waals surface area contributed by atoms with Gasteiger partial charge in [-0.15, -0.1) is 11.1 Å². The summed E-state index contributed by atoms with van der Waals surface area (Å²) in [6, 6.07) is 0. The van der Waals surface area contributed by atoms with Crippen LogP contribution in [0.1, 0.15) is 20.3 Å². The van der Waals surface area contributed by atoms with Crippen LogP contribution in [0.25, 0.3) is 0 Å². The molecule has 1 atom stereocenters. The fraction of sp³-hybridized carbons (Fsp3) is 1.00. The zero-order valence-corrected chi connectivity index (χ0v) is 6.33. The molecule has 0 aromatic rings. The average molecular weight is 137 g/mol. The molecule has 0 aromatic heterocycles. The third kappa shape index (κ3) is 4.32. The van der Waals surface area contributed by atoms with Crippen molar-refractivity contribution >= 4 is 20.2 Å². The van der Waals surface area contributed by atoms with Crippen LogP contribution in [0.4, 0.5) is 0 Å². The van der Waals surface area contributed by atoms with Crippen LogP contribution < -0.4 is 0 Å². The molecule has 1 nitrogen and oxygen atoms in total. The lowest BCUT2D eigenvalue weighted by atomic mass is 10.3. The van der Waals surface area contributed by atoms with Gasteiger partial charge in [0.15, 0.2) is 0 Å². The van der Waals surface area contributed by atoms with E-state index in [9.17, 15) is 0 Å². The molecule has 0 aliphatic carbocycles. The van der Waals surface area contributed by atoms with Crippen molar-refractivity contribution in [2.75, 3.05) is 0 Å². The van der Waals surface area contributed by atoms with Gasteiger partial charge in [0, 0.05) is 6.10 Å². The van der Waals surface area contributed by atoms with E-state index in [2.05, 4.69) is 6.92 Å². The minimum Gasteiger partial charge on any atom is -0.400 e. The van der Waals surface area contributed by atoms with Gasteiger partial charge in [0.2, 0.25) is 0 Å². The molecule has 0 fully saturated rings. The standard InChI is InChI=1S/C4H9ClOSi/c1-3-4(2)6-7-5/h4H,3H2,1-2H3. The highest BCUT2D eigenvalue weighted by atomic mass is 35.6. The van der Waals surface area contributed by atoms with Crippen LogP contribution in [-0.4, -0.2) is 15.2 Å². The lowest BCUT2D eigenvalue weighted by Crippen LogP contribution is -2.05. The van der Waals surface area contributed by atoms with Gasteiger partial charge in [-0.3, -0.25) is 0 Å². The summed E-state index contributed by atoms with van der Waals surface area (Å²) in [6.07, 6.45) is 1.37. The van der Waals surface area contributed by atoms with Gasteiger partial charge in [0.1, 0.15) is 0 Å². The van der Waals surface area contributed by atoms with Gasteiger partial charge in [-0.2, -0.15) is 0 Å². The molecule has 7 heavy (non-hydrogen) atoms. The minimum atomic E-state index is 0.117. The van der Waals surface area contributed by atoms with Crippen molar-refractivity contribution < 1.29 is 4.43 Å². The maximum Gasteiger partial charge on any atom is 0.356 e. The van der Waals surface area contributed by atoms with E-state index in [1.807, 2.05) is 6.92 Å². The van der Waals surface area contributed by atoms with E-state index in [0.717, 1.165) is 6.42 Å². The summed E-state index contributed by atoms with van der Waals surface area (Å²) < 4.78 is 4.98. The monoisotopic (exact) mass is 136 g/mol. The summed E-state index contributed by atoms with van der Waals surface area (Å²) in [5.41, 5.74) is 0. The fourth-order valence-corrected chi connectivity index (χ4v) is 0.934. The van der Waals surface area contributed by atoms with Gasteiger partial charge in [0.05, 0.1) is 0 Å². The second kappa shape index (κ2) is 4.62. The predicted octanol–water partition coefficient (Wildman–Crippen LogP) is 1.57. The van der Waals surface area contributed by atoms with Gasteiger partial charge in [-0.1, -0.05) is 6.92 Å². The van der Waals surface area contributed by atoms with Crippen LogP contribution in [0.15, 0.2) is 0 Å². The summed E-state index contributed by atoms with van der Waals surface area (Å²) in [5, 5.41) is 0. The first kappa shape index (κ1) is 7.47. The normalized spacial score (nSPS) is 14.1. The smallest absolute Gasteiger partial charge is 0.356 e. The van der Waals surface area contributed by atoms with Crippen LogP contribution in [0.2, 0.25) is 0 Å².